The minimum Gasteiger partial charge on any atom is -0.291 e. The molecular formula is C13H20N2Si. The van der Waals surface area contributed by atoms with Gasteiger partial charge in [0.15, 0.2) is 0 Å². The Bertz CT molecular complexity index is 430. The van der Waals surface area contributed by atoms with Crippen LogP contribution in [0.25, 0.3) is 0 Å². The Labute approximate surface area is 98.8 Å². The minimum atomic E-state index is -1.32. The number of fused-ring (bicyclic) bond motifs is 1. The molecule has 0 saturated heterocycles. The van der Waals surface area contributed by atoms with E-state index in [-0.39, 0.29) is 0 Å². The first-order valence-corrected chi connectivity index (χ1v) is 9.53. The van der Waals surface area contributed by atoms with Crippen LogP contribution in [0.2, 0.25) is 19.6 Å². The first-order chi connectivity index (χ1) is 7.52. The molecule has 2 heterocycles. The summed E-state index contributed by atoms with van der Waals surface area (Å²) in [6, 6.07) is 2.36. The SMILES string of the molecule is CCc1cc2c(nc1[Si](C)(C)C)CN=CC2. The predicted octanol–water partition coefficient (Wildman–Crippen LogP) is 2.32. The number of rotatable bonds is 2. The highest BCUT2D eigenvalue weighted by Gasteiger charge is 2.23. The average Bonchev–Trinajstić information content (AvgIpc) is 2.26. The molecule has 1 aromatic heterocycles. The van der Waals surface area contributed by atoms with Crippen LogP contribution in [-0.2, 0) is 19.4 Å². The van der Waals surface area contributed by atoms with E-state index in [4.69, 9.17) is 4.98 Å². The normalized spacial score (nSPS) is 15.0. The van der Waals surface area contributed by atoms with Gasteiger partial charge in [0.05, 0.1) is 12.2 Å². The summed E-state index contributed by atoms with van der Waals surface area (Å²) in [6.07, 6.45) is 4.07. The molecule has 0 radical (unpaired) electrons. The first-order valence-electron chi connectivity index (χ1n) is 6.03. The van der Waals surface area contributed by atoms with Gasteiger partial charge in [-0.05, 0) is 17.5 Å². The quantitative estimate of drug-likeness (QED) is 0.718. The number of pyridine rings is 1. The average molecular weight is 232 g/mol. The van der Waals surface area contributed by atoms with Gasteiger partial charge >= 0.3 is 0 Å². The third kappa shape index (κ3) is 2.09. The van der Waals surface area contributed by atoms with Crippen LogP contribution in [0.4, 0.5) is 0 Å². The van der Waals surface area contributed by atoms with Crippen LogP contribution in [0.5, 0.6) is 0 Å². The van der Waals surface area contributed by atoms with Gasteiger partial charge in [0, 0.05) is 18.0 Å². The van der Waals surface area contributed by atoms with Crippen molar-refractivity contribution in [2.45, 2.75) is 46.0 Å². The van der Waals surface area contributed by atoms with Crippen LogP contribution < -0.4 is 5.32 Å². The highest BCUT2D eigenvalue weighted by molar-refractivity contribution is 6.88. The smallest absolute Gasteiger partial charge is 0.102 e. The molecule has 0 amide bonds. The van der Waals surface area contributed by atoms with Gasteiger partial charge in [-0.3, -0.25) is 9.98 Å². The lowest BCUT2D eigenvalue weighted by Crippen LogP contribution is -2.43. The Morgan fingerprint density at radius 1 is 1.31 bits per heavy atom. The molecule has 3 heteroatoms. The lowest BCUT2D eigenvalue weighted by molar-refractivity contribution is 0.929. The molecule has 0 N–H and O–H groups in total. The molecular weight excluding hydrogens is 212 g/mol. The maximum Gasteiger partial charge on any atom is 0.102 e. The number of aliphatic imine (C=N–C) groups is 1. The second kappa shape index (κ2) is 4.13. The van der Waals surface area contributed by atoms with Crippen molar-refractivity contribution in [3.63, 3.8) is 0 Å². The summed E-state index contributed by atoms with van der Waals surface area (Å²) < 4.78 is 0. The zero-order valence-corrected chi connectivity index (χ0v) is 11.7. The first kappa shape index (κ1) is 11.5. The summed E-state index contributed by atoms with van der Waals surface area (Å²) in [5, 5.41) is 1.38. The zero-order chi connectivity index (χ0) is 11.8. The fourth-order valence-electron chi connectivity index (χ4n) is 2.19. The molecule has 1 aliphatic heterocycles. The fraction of sp³-hybridized carbons (Fsp3) is 0.538. The maximum atomic E-state index is 4.90. The van der Waals surface area contributed by atoms with Gasteiger partial charge in [0.2, 0.25) is 0 Å². The van der Waals surface area contributed by atoms with Gasteiger partial charge in [-0.1, -0.05) is 32.6 Å². The Morgan fingerprint density at radius 3 is 2.69 bits per heavy atom. The lowest BCUT2D eigenvalue weighted by Gasteiger charge is -2.22. The monoisotopic (exact) mass is 232 g/mol. The minimum absolute atomic E-state index is 0.775. The standard InChI is InChI=1S/C13H20N2Si/c1-5-10-8-11-6-7-14-9-12(11)15-13(10)16(2,3)4/h7-8H,5-6,9H2,1-4H3. The molecule has 0 aromatic carbocycles. The van der Waals surface area contributed by atoms with Gasteiger partial charge in [0.1, 0.15) is 8.07 Å². The Kier molecular flexibility index (Phi) is 2.97. The molecule has 0 atom stereocenters. The van der Waals surface area contributed by atoms with Crippen LogP contribution in [-0.4, -0.2) is 19.3 Å². The van der Waals surface area contributed by atoms with E-state index in [0.29, 0.717) is 0 Å². The highest BCUT2D eigenvalue weighted by Crippen LogP contribution is 2.16. The number of hydrogen-bond donors (Lipinski definition) is 0. The molecule has 0 aliphatic carbocycles. The Hall–Kier alpha value is -0.963. The van der Waals surface area contributed by atoms with Gasteiger partial charge in [-0.15, -0.1) is 0 Å². The van der Waals surface area contributed by atoms with Crippen LogP contribution in [0.3, 0.4) is 0 Å². The van der Waals surface area contributed by atoms with E-state index in [9.17, 15) is 0 Å². The zero-order valence-electron chi connectivity index (χ0n) is 10.7. The van der Waals surface area contributed by atoms with Crippen LogP contribution in [0.15, 0.2) is 11.1 Å². The summed E-state index contributed by atoms with van der Waals surface area (Å²) in [6.45, 7) is 10.1. The molecule has 0 unspecified atom stereocenters. The Balaban J connectivity index is 2.54. The van der Waals surface area contributed by atoms with E-state index >= 15 is 0 Å². The second-order valence-electron chi connectivity index (χ2n) is 5.43. The van der Waals surface area contributed by atoms with E-state index < -0.39 is 8.07 Å². The maximum absolute atomic E-state index is 4.90. The number of aryl methyl sites for hydroxylation is 1. The van der Waals surface area contributed by atoms with E-state index in [0.717, 1.165) is 19.4 Å². The largest absolute Gasteiger partial charge is 0.291 e. The van der Waals surface area contributed by atoms with Crippen molar-refractivity contribution in [1.29, 1.82) is 0 Å². The third-order valence-corrected chi connectivity index (χ3v) is 4.90. The summed E-state index contributed by atoms with van der Waals surface area (Å²) in [5.74, 6) is 0. The topological polar surface area (TPSA) is 25.2 Å². The van der Waals surface area contributed by atoms with Crippen molar-refractivity contribution < 1.29 is 0 Å². The van der Waals surface area contributed by atoms with Gasteiger partial charge in [-0.25, -0.2) is 0 Å². The molecule has 2 rings (SSSR count). The molecule has 16 heavy (non-hydrogen) atoms. The van der Waals surface area contributed by atoms with Gasteiger partial charge in [-0.2, -0.15) is 0 Å². The molecule has 1 aromatic rings. The number of hydrogen-bond acceptors (Lipinski definition) is 2. The number of nitrogens with zero attached hydrogens (tertiary/aromatic N) is 2. The molecule has 0 bridgehead atoms. The van der Waals surface area contributed by atoms with Crippen LogP contribution in [0.1, 0.15) is 23.7 Å². The summed E-state index contributed by atoms with van der Waals surface area (Å²) >= 11 is 0. The van der Waals surface area contributed by atoms with Crippen molar-refractivity contribution in [1.82, 2.24) is 4.98 Å². The van der Waals surface area contributed by atoms with Gasteiger partial charge in [0.25, 0.3) is 0 Å². The molecule has 0 fully saturated rings. The van der Waals surface area contributed by atoms with Crippen molar-refractivity contribution in [2.24, 2.45) is 4.99 Å². The van der Waals surface area contributed by atoms with E-state index in [2.05, 4.69) is 37.6 Å². The van der Waals surface area contributed by atoms with Gasteiger partial charge < -0.3 is 0 Å². The molecule has 0 spiro atoms. The molecule has 1 aliphatic rings. The molecule has 86 valence electrons. The fourth-order valence-corrected chi connectivity index (χ4v) is 3.87. The number of aromatic nitrogens is 1. The molecule has 0 saturated carbocycles. The summed E-state index contributed by atoms with van der Waals surface area (Å²) in [4.78, 5) is 9.23. The van der Waals surface area contributed by atoms with Crippen LogP contribution in [0, 0.1) is 0 Å². The van der Waals surface area contributed by atoms with Crippen LogP contribution >= 0.6 is 0 Å². The van der Waals surface area contributed by atoms with E-state index in [1.165, 1.54) is 22.1 Å². The van der Waals surface area contributed by atoms with Crippen molar-refractivity contribution >= 4 is 19.6 Å². The van der Waals surface area contributed by atoms with Crippen molar-refractivity contribution in [3.05, 3.63) is 22.9 Å². The predicted molar refractivity (Wildman–Crippen MR) is 72.5 cm³/mol. The molecule has 2 nitrogen and oxygen atoms in total. The van der Waals surface area contributed by atoms with E-state index in [1.807, 2.05) is 6.21 Å². The van der Waals surface area contributed by atoms with Crippen molar-refractivity contribution in [3.8, 4) is 0 Å². The summed E-state index contributed by atoms with van der Waals surface area (Å²) in [7, 11) is -1.32. The van der Waals surface area contributed by atoms with Crippen molar-refractivity contribution in [2.75, 3.05) is 0 Å². The Morgan fingerprint density at radius 2 is 2.06 bits per heavy atom. The lowest BCUT2D eigenvalue weighted by atomic mass is 10.1. The van der Waals surface area contributed by atoms with E-state index in [1.54, 1.807) is 0 Å². The second-order valence-corrected chi connectivity index (χ2v) is 10.4. The summed E-state index contributed by atoms with van der Waals surface area (Å²) in [5.41, 5.74) is 4.04. The third-order valence-electron chi connectivity index (χ3n) is 3.04. The highest BCUT2D eigenvalue weighted by atomic mass is 28.3.